The van der Waals surface area contributed by atoms with E-state index in [4.69, 9.17) is 10.00 Å². The van der Waals surface area contributed by atoms with Crippen LogP contribution < -0.4 is 4.74 Å². The van der Waals surface area contributed by atoms with E-state index < -0.39 is 0 Å². The van der Waals surface area contributed by atoms with Crippen molar-refractivity contribution in [2.24, 2.45) is 0 Å². The summed E-state index contributed by atoms with van der Waals surface area (Å²) in [5.74, 6) is 0.895. The summed E-state index contributed by atoms with van der Waals surface area (Å²) in [6.07, 6.45) is 0. The van der Waals surface area contributed by atoms with Crippen LogP contribution in [0.15, 0.2) is 54.6 Å². The molecule has 0 N–H and O–H groups in total. The normalized spacial score (nSPS) is 8.69. The molecule has 2 nitrogen and oxygen atoms in total. The second kappa shape index (κ2) is 6.26. The Hall–Kier alpha value is -2.27. The van der Waals surface area contributed by atoms with Crippen LogP contribution in [0.3, 0.4) is 0 Å². The first-order chi connectivity index (χ1) is 7.90. The zero-order valence-electron chi connectivity index (χ0n) is 9.13. The third-order valence-electron chi connectivity index (χ3n) is 2.18. The number of hydrogen-bond donors (Lipinski definition) is 0. The van der Waals surface area contributed by atoms with Crippen molar-refractivity contribution in [2.75, 3.05) is 7.11 Å². The van der Waals surface area contributed by atoms with Gasteiger partial charge >= 0.3 is 0 Å². The first-order valence-corrected chi connectivity index (χ1v) is 4.85. The van der Waals surface area contributed by atoms with Crippen molar-refractivity contribution in [1.82, 2.24) is 0 Å². The Balaban J connectivity index is 0.000000606. The van der Waals surface area contributed by atoms with Gasteiger partial charge < -0.3 is 4.74 Å². The predicted molar refractivity (Wildman–Crippen MR) is 65.1 cm³/mol. The summed E-state index contributed by atoms with van der Waals surface area (Å²) in [5, 5.41) is 6.50. The SMILES string of the molecule is C#N.COc1cccc(-c2ccccc2)c1. The fourth-order valence-corrected chi connectivity index (χ4v) is 1.43. The molecule has 0 aliphatic carbocycles. The highest BCUT2D eigenvalue weighted by atomic mass is 16.5. The van der Waals surface area contributed by atoms with Crippen LogP contribution in [0.2, 0.25) is 0 Å². The molecule has 0 aliphatic rings. The molecule has 2 heteroatoms. The quantitative estimate of drug-likeness (QED) is 0.761. The van der Waals surface area contributed by atoms with Crippen LogP contribution in [-0.4, -0.2) is 7.11 Å². The van der Waals surface area contributed by atoms with E-state index in [1.54, 1.807) is 7.11 Å². The summed E-state index contributed by atoms with van der Waals surface area (Å²) in [6.45, 7) is 3.50. The highest BCUT2D eigenvalue weighted by Crippen LogP contribution is 2.22. The third-order valence-corrected chi connectivity index (χ3v) is 2.18. The summed E-state index contributed by atoms with van der Waals surface area (Å²) in [7, 11) is 1.68. The largest absolute Gasteiger partial charge is 0.497 e. The molecule has 80 valence electrons. The molecule has 0 spiro atoms. The number of nitriles is 1. The maximum atomic E-state index is 6.50. The van der Waals surface area contributed by atoms with E-state index in [0.29, 0.717) is 0 Å². The number of methoxy groups -OCH3 is 1. The van der Waals surface area contributed by atoms with E-state index in [2.05, 4.69) is 24.8 Å². The van der Waals surface area contributed by atoms with E-state index in [0.717, 1.165) is 5.75 Å². The third kappa shape index (κ3) is 2.86. The molecular weight excluding hydrogens is 198 g/mol. The first-order valence-electron chi connectivity index (χ1n) is 4.85. The average molecular weight is 211 g/mol. The van der Waals surface area contributed by atoms with Crippen LogP contribution in [0.1, 0.15) is 0 Å². The molecule has 0 aromatic heterocycles. The predicted octanol–water partition coefficient (Wildman–Crippen LogP) is 3.50. The van der Waals surface area contributed by atoms with E-state index in [1.807, 2.05) is 36.4 Å². The second-order valence-electron chi connectivity index (χ2n) is 3.10. The minimum atomic E-state index is 0.895. The van der Waals surface area contributed by atoms with Gasteiger partial charge in [0.15, 0.2) is 0 Å². The summed E-state index contributed by atoms with van der Waals surface area (Å²) in [6, 6.07) is 18.3. The molecule has 0 radical (unpaired) electrons. The van der Waals surface area contributed by atoms with Gasteiger partial charge in [-0.15, -0.1) is 0 Å². The van der Waals surface area contributed by atoms with Gasteiger partial charge in [0.05, 0.1) is 7.11 Å². The monoisotopic (exact) mass is 211 g/mol. The van der Waals surface area contributed by atoms with Crippen molar-refractivity contribution in [3.63, 3.8) is 0 Å². The molecule has 2 aromatic carbocycles. The molecule has 0 fully saturated rings. The zero-order chi connectivity index (χ0) is 11.8. The van der Waals surface area contributed by atoms with E-state index >= 15 is 0 Å². The maximum Gasteiger partial charge on any atom is 0.119 e. The molecule has 0 aliphatic heterocycles. The van der Waals surface area contributed by atoms with Crippen LogP contribution in [0.5, 0.6) is 5.75 Å². The van der Waals surface area contributed by atoms with E-state index in [1.165, 1.54) is 11.1 Å². The van der Waals surface area contributed by atoms with Gasteiger partial charge in [-0.1, -0.05) is 42.5 Å². The highest BCUT2D eigenvalue weighted by molar-refractivity contribution is 5.64. The molecule has 0 saturated carbocycles. The molecule has 16 heavy (non-hydrogen) atoms. The van der Waals surface area contributed by atoms with Gasteiger partial charge in [-0.25, -0.2) is 5.26 Å². The van der Waals surface area contributed by atoms with Gasteiger partial charge in [0, 0.05) is 6.57 Å². The van der Waals surface area contributed by atoms with Gasteiger partial charge in [-0.2, -0.15) is 0 Å². The lowest BCUT2D eigenvalue weighted by Gasteiger charge is -2.03. The number of rotatable bonds is 2. The molecule has 0 saturated heterocycles. The van der Waals surface area contributed by atoms with Crippen molar-refractivity contribution in [2.45, 2.75) is 0 Å². The van der Waals surface area contributed by atoms with Crippen LogP contribution in [0.4, 0.5) is 0 Å². The van der Waals surface area contributed by atoms with Gasteiger partial charge in [0.25, 0.3) is 0 Å². The minimum Gasteiger partial charge on any atom is -0.497 e. The maximum absolute atomic E-state index is 6.50. The molecule has 0 atom stereocenters. The van der Waals surface area contributed by atoms with Crippen molar-refractivity contribution >= 4 is 0 Å². The average Bonchev–Trinajstić information content (AvgIpc) is 2.42. The van der Waals surface area contributed by atoms with Gasteiger partial charge in [-0.05, 0) is 23.3 Å². The van der Waals surface area contributed by atoms with Gasteiger partial charge in [0.2, 0.25) is 0 Å². The van der Waals surface area contributed by atoms with Gasteiger partial charge in [0.1, 0.15) is 5.75 Å². The molecule has 0 bridgehead atoms. The van der Waals surface area contributed by atoms with Crippen molar-refractivity contribution in [3.8, 4) is 23.4 Å². The van der Waals surface area contributed by atoms with E-state index in [9.17, 15) is 0 Å². The number of hydrogen-bond acceptors (Lipinski definition) is 2. The summed E-state index contributed by atoms with van der Waals surface area (Å²) in [5.41, 5.74) is 2.40. The second-order valence-corrected chi connectivity index (χ2v) is 3.10. The Morgan fingerprint density at radius 2 is 1.50 bits per heavy atom. The Bertz CT molecular complexity index is 449. The van der Waals surface area contributed by atoms with Crippen LogP contribution in [-0.2, 0) is 0 Å². The lowest BCUT2D eigenvalue weighted by molar-refractivity contribution is 0.415. The topological polar surface area (TPSA) is 33.0 Å². The summed E-state index contributed by atoms with van der Waals surface area (Å²) in [4.78, 5) is 0. The Morgan fingerprint density at radius 3 is 2.12 bits per heavy atom. The molecule has 0 unspecified atom stereocenters. The highest BCUT2D eigenvalue weighted by Gasteiger charge is 1.97. The lowest BCUT2D eigenvalue weighted by atomic mass is 10.1. The number of ether oxygens (including phenoxy) is 1. The minimum absolute atomic E-state index is 0.895. The molecule has 2 rings (SSSR count). The van der Waals surface area contributed by atoms with Crippen molar-refractivity contribution < 1.29 is 4.74 Å². The first kappa shape index (κ1) is 11.8. The lowest BCUT2D eigenvalue weighted by Crippen LogP contribution is -1.83. The van der Waals surface area contributed by atoms with Crippen LogP contribution in [0, 0.1) is 11.8 Å². The molecule has 0 amide bonds. The Labute approximate surface area is 95.7 Å². The van der Waals surface area contributed by atoms with Crippen molar-refractivity contribution in [3.05, 3.63) is 54.6 Å². The summed E-state index contributed by atoms with van der Waals surface area (Å²) < 4.78 is 5.18. The Morgan fingerprint density at radius 1 is 0.875 bits per heavy atom. The molecule has 0 heterocycles. The van der Waals surface area contributed by atoms with Crippen LogP contribution in [0.25, 0.3) is 11.1 Å². The van der Waals surface area contributed by atoms with Crippen LogP contribution >= 0.6 is 0 Å². The molecular formula is C14H13NO. The number of nitrogens with zero attached hydrogens (tertiary/aromatic N) is 1. The zero-order valence-corrected chi connectivity index (χ0v) is 9.13. The van der Waals surface area contributed by atoms with Crippen molar-refractivity contribution in [1.29, 1.82) is 5.26 Å². The summed E-state index contributed by atoms with van der Waals surface area (Å²) >= 11 is 0. The Kier molecular flexibility index (Phi) is 4.62. The fourth-order valence-electron chi connectivity index (χ4n) is 1.43. The van der Waals surface area contributed by atoms with E-state index in [-0.39, 0.29) is 0 Å². The number of benzene rings is 2. The molecule has 2 aromatic rings. The smallest absolute Gasteiger partial charge is 0.119 e. The fraction of sp³-hybridized carbons (Fsp3) is 0.0714. The standard InChI is InChI=1S/C13H12O.CHN/c1-14-13-9-5-8-12(10-13)11-6-3-2-4-7-11;1-2/h2-10H,1H3;1H. The van der Waals surface area contributed by atoms with Gasteiger partial charge in [-0.3, -0.25) is 0 Å².